The van der Waals surface area contributed by atoms with Crippen LogP contribution in [0.15, 0.2) is 24.3 Å². The van der Waals surface area contributed by atoms with E-state index in [1.165, 1.54) is 19.2 Å². The Hall–Kier alpha value is -1.34. The Morgan fingerprint density at radius 2 is 1.86 bits per heavy atom. The molecule has 0 fully saturated rings. The van der Waals surface area contributed by atoms with Crippen LogP contribution in [0.5, 0.6) is 0 Å². The van der Waals surface area contributed by atoms with Crippen LogP contribution in [0.25, 0.3) is 0 Å². The highest BCUT2D eigenvalue weighted by Gasteiger charge is 2.40. The molecule has 124 valence electrons. The first kappa shape index (κ1) is 18.7. The second-order valence-corrected chi connectivity index (χ2v) is 6.20. The fraction of sp³-hybridized carbons (Fsp3) is 0.562. The van der Waals surface area contributed by atoms with Crippen molar-refractivity contribution >= 4 is 6.29 Å². The number of ether oxygens (including phenoxy) is 2. The Kier molecular flexibility index (Phi) is 6.19. The quantitative estimate of drug-likeness (QED) is 0.595. The van der Waals surface area contributed by atoms with E-state index < -0.39 is 29.5 Å². The van der Waals surface area contributed by atoms with Gasteiger partial charge in [0, 0.05) is 12.7 Å². The summed E-state index contributed by atoms with van der Waals surface area (Å²) < 4.78 is 24.7. The maximum Gasteiger partial charge on any atom is 0.214 e. The molecule has 0 bridgehead atoms. The zero-order valence-corrected chi connectivity index (χ0v) is 13.6. The van der Waals surface area contributed by atoms with Gasteiger partial charge in [0.05, 0.1) is 11.1 Å². The second kappa shape index (κ2) is 7.28. The van der Waals surface area contributed by atoms with Crippen molar-refractivity contribution in [2.75, 3.05) is 7.11 Å². The third-order valence-electron chi connectivity index (χ3n) is 3.27. The number of aldehydes is 1. The lowest BCUT2D eigenvalue weighted by atomic mass is 9.86. The molecule has 22 heavy (non-hydrogen) atoms. The van der Waals surface area contributed by atoms with Gasteiger partial charge < -0.3 is 19.4 Å². The summed E-state index contributed by atoms with van der Waals surface area (Å²) in [5.74, 6) is -0.510. The van der Waals surface area contributed by atoms with Gasteiger partial charge in [-0.05, 0) is 33.8 Å². The zero-order chi connectivity index (χ0) is 17.0. The third kappa shape index (κ3) is 4.58. The number of aliphatic hydroxyl groups is 1. The molecule has 0 saturated carbocycles. The van der Waals surface area contributed by atoms with E-state index in [1.54, 1.807) is 39.8 Å². The lowest BCUT2D eigenvalue weighted by Gasteiger charge is -2.38. The first-order valence-electron chi connectivity index (χ1n) is 7.00. The fourth-order valence-corrected chi connectivity index (χ4v) is 2.24. The molecule has 1 aromatic carbocycles. The molecule has 0 heterocycles. The Morgan fingerprint density at radius 3 is 2.32 bits per heavy atom. The van der Waals surface area contributed by atoms with Gasteiger partial charge in [-0.15, -0.1) is 0 Å². The van der Waals surface area contributed by atoms with Crippen molar-refractivity contribution in [1.82, 2.24) is 5.32 Å². The van der Waals surface area contributed by atoms with Gasteiger partial charge in [-0.2, -0.15) is 0 Å². The standard InChI is InChI=1S/C16H24FNO4/c1-15(2,3)22-14(20)18-16(4,13(10-19)21-5)11-8-6-7-9-12(11)17/h6-10,13-14,18,20H,1-5H3/t13?,14?,16-/m1/s1. The summed E-state index contributed by atoms with van der Waals surface area (Å²) in [6.07, 6.45) is -1.85. The predicted molar refractivity (Wildman–Crippen MR) is 80.6 cm³/mol. The summed E-state index contributed by atoms with van der Waals surface area (Å²) in [7, 11) is 1.34. The van der Waals surface area contributed by atoms with Crippen LogP contribution in [0.2, 0.25) is 0 Å². The SMILES string of the molecule is COC(C=O)[C@](C)(NC(O)OC(C)(C)C)c1ccccc1F. The summed E-state index contributed by atoms with van der Waals surface area (Å²) in [5.41, 5.74) is -1.72. The summed E-state index contributed by atoms with van der Waals surface area (Å²) in [4.78, 5) is 11.3. The number of rotatable bonds is 7. The normalized spacial score (nSPS) is 17.6. The molecule has 1 rings (SSSR count). The first-order valence-corrected chi connectivity index (χ1v) is 7.00. The van der Waals surface area contributed by atoms with Crippen LogP contribution in [-0.2, 0) is 19.8 Å². The molecular weight excluding hydrogens is 289 g/mol. The highest BCUT2D eigenvalue weighted by molar-refractivity contribution is 5.60. The smallest absolute Gasteiger partial charge is 0.214 e. The number of methoxy groups -OCH3 is 1. The first-order chi connectivity index (χ1) is 10.1. The minimum absolute atomic E-state index is 0.200. The largest absolute Gasteiger partial charge is 0.372 e. The van der Waals surface area contributed by atoms with Crippen LogP contribution in [0.4, 0.5) is 4.39 Å². The van der Waals surface area contributed by atoms with Crippen LogP contribution < -0.4 is 5.32 Å². The lowest BCUT2D eigenvalue weighted by molar-refractivity contribution is -0.199. The number of carbonyl (C=O) groups excluding carboxylic acids is 1. The molecule has 2 N–H and O–H groups in total. The molecule has 0 aliphatic heterocycles. The molecule has 0 spiro atoms. The lowest BCUT2D eigenvalue weighted by Crippen LogP contribution is -2.56. The number of nitrogens with one attached hydrogen (secondary N) is 1. The van der Waals surface area contributed by atoms with E-state index in [2.05, 4.69) is 5.32 Å². The minimum Gasteiger partial charge on any atom is -0.372 e. The number of hydrogen-bond acceptors (Lipinski definition) is 5. The second-order valence-electron chi connectivity index (χ2n) is 6.20. The molecule has 0 aliphatic carbocycles. The van der Waals surface area contributed by atoms with Gasteiger partial charge in [-0.1, -0.05) is 18.2 Å². The van der Waals surface area contributed by atoms with E-state index in [0.29, 0.717) is 6.29 Å². The molecule has 2 unspecified atom stereocenters. The van der Waals surface area contributed by atoms with E-state index in [-0.39, 0.29) is 5.56 Å². The van der Waals surface area contributed by atoms with Gasteiger partial charge in [-0.3, -0.25) is 5.32 Å². The summed E-state index contributed by atoms with van der Waals surface area (Å²) in [6.45, 7) is 6.88. The maximum absolute atomic E-state index is 14.2. The van der Waals surface area contributed by atoms with E-state index in [9.17, 15) is 14.3 Å². The maximum atomic E-state index is 14.2. The van der Waals surface area contributed by atoms with E-state index in [1.807, 2.05) is 0 Å². The Bertz CT molecular complexity index is 503. The number of hydrogen-bond donors (Lipinski definition) is 2. The van der Waals surface area contributed by atoms with Gasteiger partial charge in [-0.25, -0.2) is 4.39 Å². The highest BCUT2D eigenvalue weighted by Crippen LogP contribution is 2.29. The van der Waals surface area contributed by atoms with Crippen molar-refractivity contribution in [3.8, 4) is 0 Å². The predicted octanol–water partition coefficient (Wildman–Crippen LogP) is 1.94. The van der Waals surface area contributed by atoms with Crippen molar-refractivity contribution in [3.63, 3.8) is 0 Å². The van der Waals surface area contributed by atoms with Crippen molar-refractivity contribution in [2.45, 2.75) is 51.4 Å². The molecule has 1 aromatic rings. The number of carbonyl (C=O) groups is 1. The molecule has 6 heteroatoms. The molecule has 0 aromatic heterocycles. The molecule has 0 aliphatic rings. The van der Waals surface area contributed by atoms with Gasteiger partial charge in [0.25, 0.3) is 0 Å². The fourth-order valence-electron chi connectivity index (χ4n) is 2.24. The monoisotopic (exact) mass is 313 g/mol. The average molecular weight is 313 g/mol. The van der Waals surface area contributed by atoms with E-state index >= 15 is 0 Å². The van der Waals surface area contributed by atoms with Crippen LogP contribution >= 0.6 is 0 Å². The van der Waals surface area contributed by atoms with Gasteiger partial charge in [0.15, 0.2) is 6.29 Å². The zero-order valence-electron chi connectivity index (χ0n) is 13.6. The minimum atomic E-state index is -1.40. The topological polar surface area (TPSA) is 67.8 Å². The average Bonchev–Trinajstić information content (AvgIpc) is 2.37. The number of halogens is 1. The van der Waals surface area contributed by atoms with E-state index in [4.69, 9.17) is 9.47 Å². The molecule has 5 nitrogen and oxygen atoms in total. The molecular formula is C16H24FNO4. The van der Waals surface area contributed by atoms with Crippen molar-refractivity contribution < 1.29 is 23.8 Å². The Labute approximate surface area is 130 Å². The molecule has 3 atom stereocenters. The highest BCUT2D eigenvalue weighted by atomic mass is 19.1. The van der Waals surface area contributed by atoms with Gasteiger partial charge in [0.2, 0.25) is 6.41 Å². The van der Waals surface area contributed by atoms with Gasteiger partial charge in [0.1, 0.15) is 11.9 Å². The van der Waals surface area contributed by atoms with Crippen LogP contribution in [0.3, 0.4) is 0 Å². The summed E-state index contributed by atoms with van der Waals surface area (Å²) in [6, 6.07) is 6.00. The number of aliphatic hydroxyl groups excluding tert-OH is 1. The molecule has 0 radical (unpaired) electrons. The van der Waals surface area contributed by atoms with Crippen LogP contribution in [-0.4, -0.2) is 36.6 Å². The van der Waals surface area contributed by atoms with Crippen molar-refractivity contribution in [1.29, 1.82) is 0 Å². The van der Waals surface area contributed by atoms with E-state index in [0.717, 1.165) is 0 Å². The Morgan fingerprint density at radius 1 is 1.27 bits per heavy atom. The van der Waals surface area contributed by atoms with Crippen molar-refractivity contribution in [3.05, 3.63) is 35.6 Å². The molecule has 0 amide bonds. The van der Waals surface area contributed by atoms with Crippen LogP contribution in [0, 0.1) is 5.82 Å². The number of benzene rings is 1. The summed E-state index contributed by atoms with van der Waals surface area (Å²) in [5, 5.41) is 12.8. The third-order valence-corrected chi connectivity index (χ3v) is 3.27. The summed E-state index contributed by atoms with van der Waals surface area (Å²) >= 11 is 0. The Balaban J connectivity index is 3.18. The van der Waals surface area contributed by atoms with Crippen LogP contribution in [0.1, 0.15) is 33.3 Å². The molecule has 0 saturated heterocycles. The van der Waals surface area contributed by atoms with Crippen molar-refractivity contribution in [2.24, 2.45) is 0 Å². The van der Waals surface area contributed by atoms with Gasteiger partial charge >= 0.3 is 0 Å².